The molecule has 1 N–H and O–H groups in total. The molecule has 0 fully saturated rings. The minimum atomic E-state index is -1.08. The number of ether oxygens (including phenoxy) is 2. The molecule has 0 saturated heterocycles. The molecule has 1 amide bonds. The van der Waals surface area contributed by atoms with Gasteiger partial charge in [0.1, 0.15) is 17.3 Å². The lowest BCUT2D eigenvalue weighted by molar-refractivity contribution is -0.126. The largest absolute Gasteiger partial charge is 0.496 e. The van der Waals surface area contributed by atoms with Gasteiger partial charge in [-0.25, -0.2) is 9.48 Å². The number of Topliss-reactive ketones (excluding diaryl/α,β-unsaturated/α-hetero) is 1. The van der Waals surface area contributed by atoms with Gasteiger partial charge in [-0.15, -0.1) is 0 Å². The fraction of sp³-hybridized carbons (Fsp3) is 0.448. The molecule has 2 atom stereocenters. The van der Waals surface area contributed by atoms with Crippen LogP contribution in [0.1, 0.15) is 67.9 Å². The molecule has 1 aromatic carbocycles. The topological polar surface area (TPSA) is 111 Å². The maximum absolute atomic E-state index is 13.8. The summed E-state index contributed by atoms with van der Waals surface area (Å²) in [4.78, 5) is 40.8. The second-order valence-electron chi connectivity index (χ2n) is 11.5. The van der Waals surface area contributed by atoms with Crippen LogP contribution in [0.5, 0.6) is 5.75 Å². The normalized spacial score (nSPS) is 22.6. The summed E-state index contributed by atoms with van der Waals surface area (Å²) in [5, 5.41) is 13.7. The van der Waals surface area contributed by atoms with E-state index in [0.29, 0.717) is 52.5 Å². The highest BCUT2D eigenvalue weighted by Crippen LogP contribution is 2.54. The van der Waals surface area contributed by atoms with E-state index in [2.05, 4.69) is 5.10 Å². The Hall–Kier alpha value is -3.88. The maximum atomic E-state index is 13.8. The van der Waals surface area contributed by atoms with Crippen LogP contribution in [0.2, 0.25) is 0 Å². The number of methoxy groups -OCH3 is 1. The molecule has 1 aliphatic carbocycles. The van der Waals surface area contributed by atoms with Crippen molar-refractivity contribution < 1.29 is 29.0 Å². The van der Waals surface area contributed by atoms with Crippen LogP contribution in [-0.4, -0.2) is 57.6 Å². The van der Waals surface area contributed by atoms with Gasteiger partial charge in [-0.3, -0.25) is 9.59 Å². The number of carbonyl (C=O) groups is 3. The first-order valence-electron chi connectivity index (χ1n) is 12.8. The molecule has 9 heteroatoms. The average molecular weight is 520 g/mol. The molecule has 3 aliphatic rings. The number of carboxylic acid groups (broad SMARTS) is 1. The summed E-state index contributed by atoms with van der Waals surface area (Å²) in [6.45, 7) is 10.1. The quantitative estimate of drug-likeness (QED) is 0.623. The smallest absolute Gasteiger partial charge is 0.338 e. The Labute approximate surface area is 221 Å². The van der Waals surface area contributed by atoms with Gasteiger partial charge in [0.2, 0.25) is 0 Å². The summed E-state index contributed by atoms with van der Waals surface area (Å²) in [7, 11) is 3.33. The zero-order chi connectivity index (χ0) is 27.7. The minimum Gasteiger partial charge on any atom is -0.496 e. The predicted octanol–water partition coefficient (Wildman–Crippen LogP) is 4.40. The average Bonchev–Trinajstić information content (AvgIpc) is 3.40. The van der Waals surface area contributed by atoms with Crippen molar-refractivity contribution in [2.75, 3.05) is 14.2 Å². The van der Waals surface area contributed by atoms with Crippen LogP contribution < -0.4 is 4.74 Å². The first-order valence-corrected chi connectivity index (χ1v) is 12.8. The van der Waals surface area contributed by atoms with Crippen LogP contribution in [-0.2, 0) is 14.3 Å². The number of carbonyl (C=O) groups excluding carboxylic acids is 2. The molecule has 0 unspecified atom stereocenters. The number of rotatable bonds is 5. The van der Waals surface area contributed by atoms with Crippen LogP contribution in [0.25, 0.3) is 5.69 Å². The van der Waals surface area contributed by atoms with Gasteiger partial charge < -0.3 is 19.5 Å². The fourth-order valence-electron chi connectivity index (χ4n) is 6.19. The zero-order valence-electron chi connectivity index (χ0n) is 22.8. The van der Waals surface area contributed by atoms with Crippen LogP contribution >= 0.6 is 0 Å². The van der Waals surface area contributed by atoms with E-state index in [-0.39, 0.29) is 34.6 Å². The molecule has 200 valence electrons. The minimum absolute atomic E-state index is 0.0460. The van der Waals surface area contributed by atoms with Crippen molar-refractivity contribution in [3.05, 3.63) is 63.9 Å². The number of carboxylic acids is 1. The third-order valence-corrected chi connectivity index (χ3v) is 7.85. The number of amides is 1. The van der Waals surface area contributed by atoms with Gasteiger partial charge in [0.05, 0.1) is 42.1 Å². The van der Waals surface area contributed by atoms with Gasteiger partial charge in [-0.2, -0.15) is 5.10 Å². The number of allylic oxidation sites excluding steroid dienone is 2. The summed E-state index contributed by atoms with van der Waals surface area (Å²) in [6.07, 6.45) is 3.65. The highest BCUT2D eigenvalue weighted by atomic mass is 16.5. The second kappa shape index (κ2) is 8.85. The maximum Gasteiger partial charge on any atom is 0.338 e. The Morgan fingerprint density at radius 3 is 2.53 bits per heavy atom. The van der Waals surface area contributed by atoms with Crippen molar-refractivity contribution >= 4 is 17.7 Å². The van der Waals surface area contributed by atoms with Crippen molar-refractivity contribution in [1.82, 2.24) is 14.7 Å². The summed E-state index contributed by atoms with van der Waals surface area (Å²) in [5.41, 5.74) is 2.79. The number of benzene rings is 1. The van der Waals surface area contributed by atoms with Crippen molar-refractivity contribution in [2.45, 2.75) is 59.4 Å². The van der Waals surface area contributed by atoms with Crippen molar-refractivity contribution in [2.24, 2.45) is 11.3 Å². The molecule has 1 aromatic heterocycles. The Bertz CT molecular complexity index is 1440. The molecule has 0 spiro atoms. The third-order valence-electron chi connectivity index (χ3n) is 7.85. The first kappa shape index (κ1) is 25.8. The number of aromatic nitrogens is 2. The van der Waals surface area contributed by atoms with Gasteiger partial charge in [0, 0.05) is 37.2 Å². The number of nitrogens with zero attached hydrogens (tertiary/aromatic N) is 3. The van der Waals surface area contributed by atoms with Crippen molar-refractivity contribution in [3.8, 4) is 11.4 Å². The molecule has 9 nitrogen and oxygen atoms in total. The van der Waals surface area contributed by atoms with Crippen LogP contribution in [0.3, 0.4) is 0 Å². The van der Waals surface area contributed by atoms with Crippen LogP contribution in [0.4, 0.5) is 0 Å². The molecule has 0 bridgehead atoms. The third kappa shape index (κ3) is 3.83. The molecule has 38 heavy (non-hydrogen) atoms. The monoisotopic (exact) mass is 519 g/mol. The Morgan fingerprint density at radius 2 is 1.92 bits per heavy atom. The number of aromatic carboxylic acids is 1. The highest BCUT2D eigenvalue weighted by Gasteiger charge is 2.52. The van der Waals surface area contributed by atoms with E-state index in [1.165, 1.54) is 17.1 Å². The lowest BCUT2D eigenvalue weighted by atomic mass is 9.69. The standard InChI is InChI=1S/C29H33N3O6/c1-14(2)25-26-24(27(34)31(25)6)23(22-18(33)10-29(4,5)11-20(22)38-26)21-15(3)17(8-9-19(21)37-7)32-13-16(12-30-32)28(35)36/h8-9,12-14,23,25H,10-11H2,1-7H3,(H,35,36)/t23-,25+/m0/s1. The molecule has 0 radical (unpaired) electrons. The zero-order valence-corrected chi connectivity index (χ0v) is 22.8. The lowest BCUT2D eigenvalue weighted by Crippen LogP contribution is -2.36. The number of likely N-dealkylation sites (N-methyl/N-ethyl adjacent to an activating group) is 1. The van der Waals surface area contributed by atoms with Gasteiger partial charge in [-0.1, -0.05) is 27.7 Å². The van der Waals surface area contributed by atoms with E-state index in [0.717, 1.165) is 5.56 Å². The van der Waals surface area contributed by atoms with Gasteiger partial charge in [0.15, 0.2) is 5.78 Å². The number of hydrogen-bond acceptors (Lipinski definition) is 6. The van der Waals surface area contributed by atoms with Crippen LogP contribution in [0.15, 0.2) is 47.2 Å². The predicted molar refractivity (Wildman–Crippen MR) is 139 cm³/mol. The van der Waals surface area contributed by atoms with E-state index in [9.17, 15) is 19.5 Å². The Morgan fingerprint density at radius 1 is 1.21 bits per heavy atom. The molecule has 3 heterocycles. The SMILES string of the molecule is COc1ccc(-n2cc(C(=O)O)cn2)c(C)c1[C@H]1C2=C(CC(C)(C)CC2=O)OC2=C1C(=O)N(C)[C@@H]2C(C)C. The summed E-state index contributed by atoms with van der Waals surface area (Å²) in [6, 6.07) is 3.31. The van der Waals surface area contributed by atoms with E-state index in [1.807, 2.05) is 34.6 Å². The van der Waals surface area contributed by atoms with Crippen molar-refractivity contribution in [3.63, 3.8) is 0 Å². The highest BCUT2D eigenvalue weighted by molar-refractivity contribution is 6.06. The molecule has 2 aliphatic heterocycles. The number of hydrogen-bond donors (Lipinski definition) is 1. The molecule has 2 aromatic rings. The molecule has 0 saturated carbocycles. The van der Waals surface area contributed by atoms with Crippen molar-refractivity contribution in [1.29, 1.82) is 0 Å². The summed E-state index contributed by atoms with van der Waals surface area (Å²) < 4.78 is 13.8. The fourth-order valence-corrected chi connectivity index (χ4v) is 6.19. The van der Waals surface area contributed by atoms with Gasteiger partial charge in [-0.05, 0) is 36.0 Å². The number of ketones is 1. The van der Waals surface area contributed by atoms with E-state index in [1.54, 1.807) is 31.2 Å². The van der Waals surface area contributed by atoms with Gasteiger partial charge >= 0.3 is 5.97 Å². The van der Waals surface area contributed by atoms with E-state index >= 15 is 0 Å². The molecular formula is C29H33N3O6. The van der Waals surface area contributed by atoms with Crippen LogP contribution in [0, 0.1) is 18.3 Å². The van der Waals surface area contributed by atoms with Gasteiger partial charge in [0.25, 0.3) is 5.91 Å². The Kier molecular flexibility index (Phi) is 6.00. The second-order valence-corrected chi connectivity index (χ2v) is 11.5. The Balaban J connectivity index is 1.79. The van der Waals surface area contributed by atoms with E-state index in [4.69, 9.17) is 9.47 Å². The first-order chi connectivity index (χ1) is 17.9. The van der Waals surface area contributed by atoms with E-state index < -0.39 is 11.9 Å². The lowest BCUT2D eigenvalue weighted by Gasteiger charge is -2.39. The molecular weight excluding hydrogens is 486 g/mol. The summed E-state index contributed by atoms with van der Waals surface area (Å²) in [5.74, 6) is -0.138. The molecule has 5 rings (SSSR count). The summed E-state index contributed by atoms with van der Waals surface area (Å²) >= 11 is 0.